The van der Waals surface area contributed by atoms with Crippen LogP contribution in [0.1, 0.15) is 25.6 Å². The standard InChI is InChI=1S/C19H20N6O2/c1-12(2)19(26)22-11-17-24-18(25-27-17)14-6-3-5-13(9-14)15-10-21-16(23-15)7-4-8-20/h3-10,12,20H,11H2,1-2H3,(H,21,23)(H,22,26). The molecule has 0 unspecified atom stereocenters. The van der Waals surface area contributed by atoms with Crippen LogP contribution in [-0.2, 0) is 11.3 Å². The first-order valence-electron chi connectivity index (χ1n) is 8.50. The van der Waals surface area contributed by atoms with E-state index in [9.17, 15) is 4.79 Å². The number of allylic oxidation sites excluding steroid dienone is 1. The number of carbonyl (C=O) groups excluding carboxylic acids is 1. The first-order chi connectivity index (χ1) is 13.1. The summed E-state index contributed by atoms with van der Waals surface area (Å²) in [6.45, 7) is 3.84. The minimum atomic E-state index is -0.0998. The molecule has 0 spiro atoms. The van der Waals surface area contributed by atoms with Crippen molar-refractivity contribution in [2.24, 2.45) is 5.92 Å². The molecular formula is C19H20N6O2. The molecule has 0 radical (unpaired) electrons. The molecule has 1 aromatic carbocycles. The fraction of sp³-hybridized carbons (Fsp3) is 0.211. The van der Waals surface area contributed by atoms with Crippen molar-refractivity contribution in [3.8, 4) is 22.6 Å². The fourth-order valence-electron chi connectivity index (χ4n) is 2.34. The number of aromatic nitrogens is 4. The van der Waals surface area contributed by atoms with E-state index in [-0.39, 0.29) is 18.4 Å². The van der Waals surface area contributed by atoms with Crippen LogP contribution < -0.4 is 5.32 Å². The van der Waals surface area contributed by atoms with E-state index in [4.69, 9.17) is 9.93 Å². The van der Waals surface area contributed by atoms with E-state index in [0.29, 0.717) is 17.5 Å². The minimum Gasteiger partial charge on any atom is -0.347 e. The molecule has 0 aliphatic heterocycles. The lowest BCUT2D eigenvalue weighted by Crippen LogP contribution is -2.27. The van der Waals surface area contributed by atoms with Crippen LogP contribution in [0.4, 0.5) is 0 Å². The van der Waals surface area contributed by atoms with Crippen molar-refractivity contribution in [3.05, 3.63) is 48.3 Å². The van der Waals surface area contributed by atoms with E-state index in [1.165, 1.54) is 6.21 Å². The van der Waals surface area contributed by atoms with Crippen molar-refractivity contribution in [2.45, 2.75) is 20.4 Å². The Kier molecular flexibility index (Phi) is 5.55. The molecule has 138 valence electrons. The van der Waals surface area contributed by atoms with Gasteiger partial charge < -0.3 is 20.2 Å². The Morgan fingerprint density at radius 2 is 2.19 bits per heavy atom. The number of hydrogen-bond acceptors (Lipinski definition) is 6. The summed E-state index contributed by atoms with van der Waals surface area (Å²) in [5.74, 6) is 1.31. The number of aromatic amines is 1. The number of hydrogen-bond donors (Lipinski definition) is 3. The first kappa shape index (κ1) is 18.2. The van der Waals surface area contributed by atoms with Crippen molar-refractivity contribution in [1.82, 2.24) is 25.4 Å². The number of nitrogens with one attached hydrogen (secondary N) is 3. The number of rotatable bonds is 7. The molecule has 0 aliphatic rings. The van der Waals surface area contributed by atoms with Gasteiger partial charge in [0.05, 0.1) is 18.4 Å². The van der Waals surface area contributed by atoms with Crippen LogP contribution in [0.2, 0.25) is 0 Å². The van der Waals surface area contributed by atoms with Gasteiger partial charge in [-0.3, -0.25) is 4.79 Å². The van der Waals surface area contributed by atoms with Gasteiger partial charge in [-0.25, -0.2) is 4.98 Å². The van der Waals surface area contributed by atoms with Gasteiger partial charge in [0.1, 0.15) is 5.82 Å². The lowest BCUT2D eigenvalue weighted by Gasteiger charge is -2.03. The Morgan fingerprint density at radius 1 is 1.37 bits per heavy atom. The van der Waals surface area contributed by atoms with Crippen LogP contribution in [0.25, 0.3) is 28.7 Å². The van der Waals surface area contributed by atoms with Crippen molar-refractivity contribution in [1.29, 1.82) is 5.41 Å². The van der Waals surface area contributed by atoms with Crippen molar-refractivity contribution >= 4 is 18.2 Å². The molecule has 0 saturated heterocycles. The Bertz CT molecular complexity index is 970. The molecular weight excluding hydrogens is 344 g/mol. The lowest BCUT2D eigenvalue weighted by atomic mass is 10.1. The largest absolute Gasteiger partial charge is 0.347 e. The van der Waals surface area contributed by atoms with Gasteiger partial charge in [0.25, 0.3) is 0 Å². The summed E-state index contributed by atoms with van der Waals surface area (Å²) in [4.78, 5) is 23.4. The monoisotopic (exact) mass is 364 g/mol. The lowest BCUT2D eigenvalue weighted by molar-refractivity contribution is -0.124. The van der Waals surface area contributed by atoms with Crippen LogP contribution in [0.3, 0.4) is 0 Å². The number of carbonyl (C=O) groups is 1. The maximum Gasteiger partial charge on any atom is 0.246 e. The number of imidazole rings is 1. The van der Waals surface area contributed by atoms with Crippen LogP contribution >= 0.6 is 0 Å². The van der Waals surface area contributed by atoms with E-state index in [1.54, 1.807) is 18.3 Å². The minimum absolute atomic E-state index is 0.0659. The molecule has 3 aromatic rings. The SMILES string of the molecule is CC(C)C(=O)NCc1nc(-c2cccc(-c3cnc(C=CC=N)[nH]3)c2)no1. The number of H-pyrrole nitrogens is 1. The van der Waals surface area contributed by atoms with Gasteiger partial charge in [-0.1, -0.05) is 37.2 Å². The summed E-state index contributed by atoms with van der Waals surface area (Å²) >= 11 is 0. The summed E-state index contributed by atoms with van der Waals surface area (Å²) in [5.41, 5.74) is 2.56. The van der Waals surface area contributed by atoms with E-state index in [2.05, 4.69) is 25.4 Å². The highest BCUT2D eigenvalue weighted by atomic mass is 16.5. The Hall–Kier alpha value is -3.55. The second-order valence-electron chi connectivity index (χ2n) is 6.17. The summed E-state index contributed by atoms with van der Waals surface area (Å²) in [6.07, 6.45) is 6.24. The van der Waals surface area contributed by atoms with Gasteiger partial charge in [0, 0.05) is 23.3 Å². The van der Waals surface area contributed by atoms with Gasteiger partial charge in [-0.2, -0.15) is 4.98 Å². The second kappa shape index (κ2) is 8.22. The average Bonchev–Trinajstić information content (AvgIpc) is 3.34. The third-order valence-corrected chi connectivity index (χ3v) is 3.78. The Morgan fingerprint density at radius 3 is 2.96 bits per heavy atom. The average molecular weight is 364 g/mol. The Labute approximate surface area is 156 Å². The van der Waals surface area contributed by atoms with E-state index < -0.39 is 0 Å². The molecule has 3 N–H and O–H groups in total. The molecule has 3 rings (SSSR count). The van der Waals surface area contributed by atoms with E-state index in [0.717, 1.165) is 16.8 Å². The summed E-state index contributed by atoms with van der Waals surface area (Å²) in [7, 11) is 0. The predicted octanol–water partition coefficient (Wildman–Crippen LogP) is 3.06. The Balaban J connectivity index is 1.76. The number of benzene rings is 1. The first-order valence-corrected chi connectivity index (χ1v) is 8.50. The van der Waals surface area contributed by atoms with Gasteiger partial charge >= 0.3 is 0 Å². The molecule has 27 heavy (non-hydrogen) atoms. The zero-order valence-corrected chi connectivity index (χ0v) is 15.1. The molecule has 2 aromatic heterocycles. The zero-order valence-electron chi connectivity index (χ0n) is 15.1. The summed E-state index contributed by atoms with van der Waals surface area (Å²) in [5, 5.41) is 13.8. The summed E-state index contributed by atoms with van der Waals surface area (Å²) in [6, 6.07) is 7.66. The highest BCUT2D eigenvalue weighted by molar-refractivity contribution is 5.77. The normalized spacial score (nSPS) is 11.2. The van der Waals surface area contributed by atoms with E-state index in [1.807, 2.05) is 38.1 Å². The van der Waals surface area contributed by atoms with Crippen molar-refractivity contribution < 1.29 is 9.32 Å². The van der Waals surface area contributed by atoms with E-state index >= 15 is 0 Å². The maximum atomic E-state index is 11.6. The van der Waals surface area contributed by atoms with Crippen LogP contribution in [0.15, 0.2) is 41.1 Å². The number of nitrogens with zero attached hydrogens (tertiary/aromatic N) is 3. The third-order valence-electron chi connectivity index (χ3n) is 3.78. The van der Waals surface area contributed by atoms with Crippen LogP contribution in [0, 0.1) is 11.3 Å². The molecule has 8 nitrogen and oxygen atoms in total. The van der Waals surface area contributed by atoms with Crippen LogP contribution in [0.5, 0.6) is 0 Å². The quantitative estimate of drug-likeness (QED) is 0.556. The van der Waals surface area contributed by atoms with Gasteiger partial charge in [-0.15, -0.1) is 0 Å². The molecule has 0 bridgehead atoms. The fourth-order valence-corrected chi connectivity index (χ4v) is 2.34. The molecule has 0 atom stereocenters. The molecule has 8 heteroatoms. The molecule has 0 fully saturated rings. The molecule has 0 aliphatic carbocycles. The maximum absolute atomic E-state index is 11.6. The summed E-state index contributed by atoms with van der Waals surface area (Å²) < 4.78 is 5.22. The highest BCUT2D eigenvalue weighted by Gasteiger charge is 2.12. The van der Waals surface area contributed by atoms with Crippen molar-refractivity contribution in [2.75, 3.05) is 0 Å². The third kappa shape index (κ3) is 4.55. The zero-order chi connectivity index (χ0) is 19.2. The smallest absolute Gasteiger partial charge is 0.246 e. The molecule has 2 heterocycles. The van der Waals surface area contributed by atoms with Gasteiger partial charge in [0.15, 0.2) is 0 Å². The highest BCUT2D eigenvalue weighted by Crippen LogP contribution is 2.24. The van der Waals surface area contributed by atoms with Gasteiger partial charge in [0.2, 0.25) is 17.6 Å². The topological polar surface area (TPSA) is 121 Å². The van der Waals surface area contributed by atoms with Crippen molar-refractivity contribution in [3.63, 3.8) is 0 Å². The number of amides is 1. The second-order valence-corrected chi connectivity index (χ2v) is 6.17. The molecule has 1 amide bonds. The van der Waals surface area contributed by atoms with Gasteiger partial charge in [-0.05, 0) is 18.2 Å². The molecule has 0 saturated carbocycles. The van der Waals surface area contributed by atoms with Crippen LogP contribution in [-0.4, -0.2) is 32.2 Å². The predicted molar refractivity (Wildman–Crippen MR) is 102 cm³/mol.